The van der Waals surface area contributed by atoms with Crippen molar-refractivity contribution in [2.24, 2.45) is 0 Å². The molecular formula is C16H17ClFNO2S. The molecular weight excluding hydrogens is 325 g/mol. The topological polar surface area (TPSA) is 46.2 Å². The second-order valence-electron chi connectivity index (χ2n) is 6.01. The molecule has 0 radical (unpaired) electrons. The van der Waals surface area contributed by atoms with E-state index in [0.29, 0.717) is 0 Å². The molecule has 0 aliphatic heterocycles. The van der Waals surface area contributed by atoms with Crippen molar-refractivity contribution >= 4 is 27.3 Å². The van der Waals surface area contributed by atoms with Crippen LogP contribution < -0.4 is 4.72 Å². The highest BCUT2D eigenvalue weighted by atomic mass is 35.5. The van der Waals surface area contributed by atoms with E-state index in [0.717, 1.165) is 11.6 Å². The van der Waals surface area contributed by atoms with Crippen LogP contribution in [-0.2, 0) is 15.4 Å². The molecule has 0 amide bonds. The maximum atomic E-state index is 13.1. The van der Waals surface area contributed by atoms with Crippen LogP contribution in [0.5, 0.6) is 0 Å². The fraction of sp³-hybridized carbons (Fsp3) is 0.250. The average molecular weight is 342 g/mol. The summed E-state index contributed by atoms with van der Waals surface area (Å²) in [6, 6.07) is 10.3. The first-order chi connectivity index (χ1) is 10.1. The number of hydrogen-bond donors (Lipinski definition) is 1. The highest BCUT2D eigenvalue weighted by Gasteiger charge is 2.18. The van der Waals surface area contributed by atoms with E-state index in [1.165, 1.54) is 12.1 Å². The monoisotopic (exact) mass is 341 g/mol. The van der Waals surface area contributed by atoms with Gasteiger partial charge in [0.1, 0.15) is 5.82 Å². The minimum atomic E-state index is -3.74. The van der Waals surface area contributed by atoms with Crippen LogP contribution in [-0.4, -0.2) is 8.42 Å². The second kappa shape index (κ2) is 5.89. The molecule has 0 saturated heterocycles. The number of anilines is 1. The summed E-state index contributed by atoms with van der Waals surface area (Å²) in [7, 11) is -3.74. The summed E-state index contributed by atoms with van der Waals surface area (Å²) in [6.45, 7) is 6.15. The summed E-state index contributed by atoms with van der Waals surface area (Å²) < 4.78 is 40.1. The van der Waals surface area contributed by atoms with E-state index in [1.807, 2.05) is 0 Å². The Morgan fingerprint density at radius 1 is 1.05 bits per heavy atom. The van der Waals surface area contributed by atoms with Crippen molar-refractivity contribution in [2.75, 3.05) is 4.72 Å². The summed E-state index contributed by atoms with van der Waals surface area (Å²) in [5.41, 5.74) is 1.20. The minimum absolute atomic E-state index is 0.0554. The normalized spacial score (nSPS) is 12.2. The van der Waals surface area contributed by atoms with Gasteiger partial charge in [-0.05, 0) is 41.3 Å². The molecule has 1 N–H and O–H groups in total. The van der Waals surface area contributed by atoms with Crippen molar-refractivity contribution in [3.8, 4) is 0 Å². The van der Waals surface area contributed by atoms with E-state index in [4.69, 9.17) is 11.6 Å². The van der Waals surface area contributed by atoms with Gasteiger partial charge in [0, 0.05) is 0 Å². The van der Waals surface area contributed by atoms with Crippen LogP contribution in [0.15, 0.2) is 47.4 Å². The third-order valence-corrected chi connectivity index (χ3v) is 4.89. The maximum Gasteiger partial charge on any atom is 0.261 e. The fourth-order valence-electron chi connectivity index (χ4n) is 1.91. The molecule has 0 aliphatic carbocycles. The predicted molar refractivity (Wildman–Crippen MR) is 87.4 cm³/mol. The molecule has 0 aliphatic rings. The number of halogens is 2. The SMILES string of the molecule is CC(C)(C)c1ccc(S(=O)(=O)Nc2ccc(F)c(Cl)c2)cc1. The van der Waals surface area contributed by atoms with Crippen LogP contribution in [0.2, 0.25) is 5.02 Å². The lowest BCUT2D eigenvalue weighted by Crippen LogP contribution is -2.15. The lowest BCUT2D eigenvalue weighted by Gasteiger charge is -2.19. The zero-order valence-corrected chi connectivity index (χ0v) is 14.1. The van der Waals surface area contributed by atoms with Gasteiger partial charge in [-0.1, -0.05) is 44.5 Å². The lowest BCUT2D eigenvalue weighted by atomic mass is 9.87. The molecule has 0 saturated carbocycles. The van der Waals surface area contributed by atoms with Crippen LogP contribution >= 0.6 is 11.6 Å². The molecule has 118 valence electrons. The summed E-state index contributed by atoms with van der Waals surface area (Å²) in [5, 5.41) is -0.136. The van der Waals surface area contributed by atoms with Crippen LogP contribution in [0.4, 0.5) is 10.1 Å². The van der Waals surface area contributed by atoms with Crippen molar-refractivity contribution in [3.05, 3.63) is 58.9 Å². The Hall–Kier alpha value is -1.59. The van der Waals surface area contributed by atoms with Gasteiger partial charge < -0.3 is 0 Å². The summed E-state index contributed by atoms with van der Waals surface area (Å²) in [5.74, 6) is -0.598. The molecule has 2 aromatic carbocycles. The number of hydrogen-bond acceptors (Lipinski definition) is 2. The van der Waals surface area contributed by atoms with Gasteiger partial charge >= 0.3 is 0 Å². The lowest BCUT2D eigenvalue weighted by molar-refractivity contribution is 0.587. The number of benzene rings is 2. The summed E-state index contributed by atoms with van der Waals surface area (Å²) in [4.78, 5) is 0.140. The van der Waals surface area contributed by atoms with Gasteiger partial charge in [0.15, 0.2) is 0 Å². The first-order valence-electron chi connectivity index (χ1n) is 6.68. The Labute approximate surface area is 135 Å². The highest BCUT2D eigenvalue weighted by molar-refractivity contribution is 7.92. The molecule has 22 heavy (non-hydrogen) atoms. The number of nitrogens with one attached hydrogen (secondary N) is 1. The van der Waals surface area contributed by atoms with E-state index >= 15 is 0 Å². The van der Waals surface area contributed by atoms with E-state index in [2.05, 4.69) is 25.5 Å². The molecule has 0 atom stereocenters. The Balaban J connectivity index is 2.28. The van der Waals surface area contributed by atoms with Crippen molar-refractivity contribution in [1.29, 1.82) is 0 Å². The third-order valence-electron chi connectivity index (χ3n) is 3.20. The molecule has 0 unspecified atom stereocenters. The minimum Gasteiger partial charge on any atom is -0.280 e. The van der Waals surface area contributed by atoms with Gasteiger partial charge in [0.05, 0.1) is 15.6 Å². The standard InChI is InChI=1S/C16H17ClFNO2S/c1-16(2,3)11-4-7-13(8-5-11)22(20,21)19-12-6-9-15(18)14(17)10-12/h4-10,19H,1-3H3. The Morgan fingerprint density at radius 3 is 2.14 bits per heavy atom. The van der Waals surface area contributed by atoms with Crippen LogP contribution in [0.1, 0.15) is 26.3 Å². The predicted octanol–water partition coefficient (Wildman–Crippen LogP) is 4.58. The van der Waals surface area contributed by atoms with Crippen molar-refractivity contribution in [1.82, 2.24) is 0 Å². The Kier molecular flexibility index (Phi) is 4.49. The van der Waals surface area contributed by atoms with E-state index in [9.17, 15) is 12.8 Å². The molecule has 0 aromatic heterocycles. The van der Waals surface area contributed by atoms with Crippen molar-refractivity contribution in [2.45, 2.75) is 31.1 Å². The van der Waals surface area contributed by atoms with E-state index in [1.54, 1.807) is 24.3 Å². The second-order valence-corrected chi connectivity index (χ2v) is 8.10. The summed E-state index contributed by atoms with van der Waals surface area (Å²) >= 11 is 5.65. The molecule has 6 heteroatoms. The Morgan fingerprint density at radius 2 is 1.64 bits per heavy atom. The highest BCUT2D eigenvalue weighted by Crippen LogP contribution is 2.25. The first-order valence-corrected chi connectivity index (χ1v) is 8.54. The quantitative estimate of drug-likeness (QED) is 0.888. The molecule has 0 fully saturated rings. The molecule has 2 aromatic rings. The van der Waals surface area contributed by atoms with E-state index in [-0.39, 0.29) is 21.0 Å². The van der Waals surface area contributed by atoms with Crippen LogP contribution in [0.3, 0.4) is 0 Å². The van der Waals surface area contributed by atoms with Gasteiger partial charge in [-0.25, -0.2) is 12.8 Å². The molecule has 0 bridgehead atoms. The fourth-order valence-corrected chi connectivity index (χ4v) is 3.14. The van der Waals surface area contributed by atoms with Crippen LogP contribution in [0.25, 0.3) is 0 Å². The van der Waals surface area contributed by atoms with Crippen LogP contribution in [0, 0.1) is 5.82 Å². The van der Waals surface area contributed by atoms with Gasteiger partial charge in [0.25, 0.3) is 10.0 Å². The third kappa shape index (κ3) is 3.78. The first kappa shape index (κ1) is 16.8. The molecule has 2 rings (SSSR count). The average Bonchev–Trinajstić information content (AvgIpc) is 2.42. The molecule has 3 nitrogen and oxygen atoms in total. The number of rotatable bonds is 3. The van der Waals surface area contributed by atoms with Gasteiger partial charge in [-0.15, -0.1) is 0 Å². The van der Waals surface area contributed by atoms with E-state index < -0.39 is 15.8 Å². The largest absolute Gasteiger partial charge is 0.280 e. The zero-order chi connectivity index (χ0) is 16.5. The summed E-state index contributed by atoms with van der Waals surface area (Å²) in [6.07, 6.45) is 0. The molecule has 0 heterocycles. The Bertz CT molecular complexity index is 781. The van der Waals surface area contributed by atoms with Crippen molar-refractivity contribution in [3.63, 3.8) is 0 Å². The maximum absolute atomic E-state index is 13.1. The van der Waals surface area contributed by atoms with Crippen molar-refractivity contribution < 1.29 is 12.8 Å². The molecule has 0 spiro atoms. The smallest absolute Gasteiger partial charge is 0.261 e. The zero-order valence-electron chi connectivity index (χ0n) is 12.5. The van der Waals surface area contributed by atoms with Gasteiger partial charge in [0.2, 0.25) is 0 Å². The van der Waals surface area contributed by atoms with Gasteiger partial charge in [-0.2, -0.15) is 0 Å². The number of sulfonamides is 1. The van der Waals surface area contributed by atoms with Gasteiger partial charge in [-0.3, -0.25) is 4.72 Å².